The van der Waals surface area contributed by atoms with Gasteiger partial charge in [-0.2, -0.15) is 22.3 Å². The van der Waals surface area contributed by atoms with Gasteiger partial charge in [0, 0.05) is 19.7 Å². The van der Waals surface area contributed by atoms with E-state index in [0.29, 0.717) is 17.0 Å². The van der Waals surface area contributed by atoms with Crippen LogP contribution in [0.2, 0.25) is 0 Å². The van der Waals surface area contributed by atoms with Gasteiger partial charge in [-0.3, -0.25) is 4.72 Å². The highest BCUT2D eigenvalue weighted by Gasteiger charge is 2.13. The molecule has 8 nitrogen and oxygen atoms in total. The molecule has 2 aromatic heterocycles. The molecule has 2 heterocycles. The normalized spacial score (nSPS) is 12.0. The Morgan fingerprint density at radius 1 is 1.18 bits per heavy atom. The first-order chi connectivity index (χ1) is 10.5. The highest BCUT2D eigenvalue weighted by molar-refractivity contribution is 7.90. The SMILES string of the molecule is CN(C)S(=O)(=O)Nc1cccc(-c2ccc3nncn3n2)c1. The zero-order chi connectivity index (χ0) is 15.7. The monoisotopic (exact) mass is 318 g/mol. The predicted octanol–water partition coefficient (Wildman–Crippen LogP) is 1.01. The van der Waals surface area contributed by atoms with Crippen molar-refractivity contribution in [2.45, 2.75) is 0 Å². The first-order valence-corrected chi connectivity index (χ1v) is 7.87. The van der Waals surface area contributed by atoms with Gasteiger partial charge in [0.2, 0.25) is 0 Å². The summed E-state index contributed by atoms with van der Waals surface area (Å²) in [5.41, 5.74) is 2.60. The molecule has 9 heteroatoms. The summed E-state index contributed by atoms with van der Waals surface area (Å²) < 4.78 is 28.9. The van der Waals surface area contributed by atoms with E-state index < -0.39 is 10.2 Å². The van der Waals surface area contributed by atoms with E-state index in [4.69, 9.17) is 0 Å². The quantitative estimate of drug-likeness (QED) is 0.775. The second-order valence-electron chi connectivity index (χ2n) is 4.82. The van der Waals surface area contributed by atoms with Gasteiger partial charge >= 0.3 is 10.2 Å². The number of fused-ring (bicyclic) bond motifs is 1. The fourth-order valence-corrected chi connectivity index (χ4v) is 2.47. The molecule has 0 aliphatic heterocycles. The minimum Gasteiger partial charge on any atom is -0.271 e. The van der Waals surface area contributed by atoms with Crippen LogP contribution >= 0.6 is 0 Å². The van der Waals surface area contributed by atoms with Crippen molar-refractivity contribution in [3.8, 4) is 11.3 Å². The molecule has 0 saturated heterocycles. The van der Waals surface area contributed by atoms with Gasteiger partial charge in [0.15, 0.2) is 5.65 Å². The molecule has 22 heavy (non-hydrogen) atoms. The Hall–Kier alpha value is -2.52. The second kappa shape index (κ2) is 5.35. The molecule has 0 atom stereocenters. The molecule has 0 bridgehead atoms. The molecule has 1 N–H and O–H groups in total. The van der Waals surface area contributed by atoms with Gasteiger partial charge in [0.05, 0.1) is 11.4 Å². The first kappa shape index (κ1) is 14.4. The third-order valence-electron chi connectivity index (χ3n) is 3.05. The number of rotatable bonds is 4. The Bertz CT molecular complexity index is 919. The van der Waals surface area contributed by atoms with E-state index in [2.05, 4.69) is 20.0 Å². The van der Waals surface area contributed by atoms with Gasteiger partial charge in [0.25, 0.3) is 0 Å². The van der Waals surface area contributed by atoms with Gasteiger partial charge in [-0.1, -0.05) is 12.1 Å². The minimum atomic E-state index is -3.54. The van der Waals surface area contributed by atoms with E-state index in [9.17, 15) is 8.42 Å². The molecule has 0 fully saturated rings. The molecule has 0 saturated carbocycles. The topological polar surface area (TPSA) is 92.5 Å². The molecular formula is C13H14N6O2S. The van der Waals surface area contributed by atoms with Crippen LogP contribution in [0.5, 0.6) is 0 Å². The number of anilines is 1. The van der Waals surface area contributed by atoms with Crippen molar-refractivity contribution in [1.82, 2.24) is 24.1 Å². The van der Waals surface area contributed by atoms with Crippen LogP contribution in [-0.2, 0) is 10.2 Å². The van der Waals surface area contributed by atoms with E-state index in [1.807, 2.05) is 12.1 Å². The van der Waals surface area contributed by atoms with Crippen molar-refractivity contribution in [2.24, 2.45) is 0 Å². The number of benzene rings is 1. The van der Waals surface area contributed by atoms with Crippen LogP contribution in [-0.4, -0.2) is 46.6 Å². The first-order valence-electron chi connectivity index (χ1n) is 6.43. The summed E-state index contributed by atoms with van der Waals surface area (Å²) in [7, 11) is -0.606. The van der Waals surface area contributed by atoms with Crippen molar-refractivity contribution < 1.29 is 8.42 Å². The molecule has 0 radical (unpaired) electrons. The Morgan fingerprint density at radius 3 is 2.77 bits per heavy atom. The summed E-state index contributed by atoms with van der Waals surface area (Å²) in [6, 6.07) is 10.6. The fourth-order valence-electron chi connectivity index (χ4n) is 1.86. The lowest BCUT2D eigenvalue weighted by atomic mass is 10.1. The van der Waals surface area contributed by atoms with Crippen LogP contribution in [0, 0.1) is 0 Å². The van der Waals surface area contributed by atoms with Gasteiger partial charge < -0.3 is 0 Å². The van der Waals surface area contributed by atoms with Crippen LogP contribution in [0.15, 0.2) is 42.7 Å². The highest BCUT2D eigenvalue weighted by Crippen LogP contribution is 2.21. The zero-order valence-corrected chi connectivity index (χ0v) is 12.8. The van der Waals surface area contributed by atoms with Gasteiger partial charge in [-0.25, -0.2) is 0 Å². The maximum atomic E-state index is 11.9. The van der Waals surface area contributed by atoms with E-state index >= 15 is 0 Å². The number of hydrogen-bond acceptors (Lipinski definition) is 5. The zero-order valence-electron chi connectivity index (χ0n) is 12.0. The van der Waals surface area contributed by atoms with Crippen molar-refractivity contribution in [3.63, 3.8) is 0 Å². The smallest absolute Gasteiger partial charge is 0.271 e. The van der Waals surface area contributed by atoms with E-state index in [1.165, 1.54) is 20.4 Å². The largest absolute Gasteiger partial charge is 0.301 e. The average molecular weight is 318 g/mol. The molecular weight excluding hydrogens is 304 g/mol. The fraction of sp³-hybridized carbons (Fsp3) is 0.154. The number of aromatic nitrogens is 4. The third kappa shape index (κ3) is 2.76. The molecule has 0 aliphatic rings. The van der Waals surface area contributed by atoms with Gasteiger partial charge in [-0.05, 0) is 24.3 Å². The second-order valence-corrected chi connectivity index (χ2v) is 6.71. The molecule has 3 aromatic rings. The Labute approximate surface area is 127 Å². The Morgan fingerprint density at radius 2 is 2.00 bits per heavy atom. The summed E-state index contributed by atoms with van der Waals surface area (Å²) in [5, 5.41) is 12.0. The van der Waals surface area contributed by atoms with E-state index in [1.54, 1.807) is 28.8 Å². The standard InChI is InChI=1S/C13H14N6O2S/c1-18(2)22(20,21)17-11-5-3-4-10(8-11)12-6-7-13-15-14-9-19(13)16-12/h3-9,17H,1-2H3. The summed E-state index contributed by atoms with van der Waals surface area (Å²) in [6.07, 6.45) is 1.51. The van der Waals surface area contributed by atoms with Crippen molar-refractivity contribution >= 4 is 21.5 Å². The predicted molar refractivity (Wildman–Crippen MR) is 82.4 cm³/mol. The lowest BCUT2D eigenvalue weighted by Gasteiger charge is -2.13. The van der Waals surface area contributed by atoms with Gasteiger partial charge in [-0.15, -0.1) is 10.2 Å². The number of nitrogens with one attached hydrogen (secondary N) is 1. The third-order valence-corrected chi connectivity index (χ3v) is 4.50. The van der Waals surface area contributed by atoms with Crippen LogP contribution in [0.4, 0.5) is 5.69 Å². The molecule has 114 valence electrons. The molecule has 3 rings (SSSR count). The van der Waals surface area contributed by atoms with Crippen LogP contribution in [0.25, 0.3) is 16.9 Å². The average Bonchev–Trinajstić information content (AvgIpc) is 2.94. The maximum absolute atomic E-state index is 11.9. The van der Waals surface area contributed by atoms with Crippen LogP contribution in [0.3, 0.4) is 0 Å². The highest BCUT2D eigenvalue weighted by atomic mass is 32.2. The van der Waals surface area contributed by atoms with Crippen molar-refractivity contribution in [1.29, 1.82) is 0 Å². The molecule has 0 spiro atoms. The minimum absolute atomic E-state index is 0.469. The lowest BCUT2D eigenvalue weighted by molar-refractivity contribution is 0.527. The molecule has 0 aliphatic carbocycles. The van der Waals surface area contributed by atoms with Crippen LogP contribution in [0.1, 0.15) is 0 Å². The summed E-state index contributed by atoms with van der Waals surface area (Å²) in [4.78, 5) is 0. The number of nitrogens with zero attached hydrogens (tertiary/aromatic N) is 5. The van der Waals surface area contributed by atoms with Gasteiger partial charge in [0.1, 0.15) is 6.33 Å². The Balaban J connectivity index is 1.97. The van der Waals surface area contributed by atoms with E-state index in [-0.39, 0.29) is 0 Å². The molecule has 1 aromatic carbocycles. The number of hydrogen-bond donors (Lipinski definition) is 1. The molecule has 0 amide bonds. The summed E-state index contributed by atoms with van der Waals surface area (Å²) >= 11 is 0. The molecule has 0 unspecified atom stereocenters. The van der Waals surface area contributed by atoms with Crippen molar-refractivity contribution in [3.05, 3.63) is 42.7 Å². The van der Waals surface area contributed by atoms with E-state index in [0.717, 1.165) is 9.87 Å². The Kier molecular flexibility index (Phi) is 3.51. The van der Waals surface area contributed by atoms with Crippen LogP contribution < -0.4 is 4.72 Å². The summed E-state index contributed by atoms with van der Waals surface area (Å²) in [6.45, 7) is 0. The maximum Gasteiger partial charge on any atom is 0.301 e. The summed E-state index contributed by atoms with van der Waals surface area (Å²) in [5.74, 6) is 0. The lowest BCUT2D eigenvalue weighted by Crippen LogP contribution is -2.28. The van der Waals surface area contributed by atoms with Crippen molar-refractivity contribution in [2.75, 3.05) is 18.8 Å².